The molecule has 7 nitrogen and oxygen atoms in total. The van der Waals surface area contributed by atoms with Crippen LogP contribution >= 0.6 is 0 Å². The van der Waals surface area contributed by atoms with Crippen LogP contribution in [0.2, 0.25) is 0 Å². The van der Waals surface area contributed by atoms with Crippen LogP contribution in [-0.2, 0) is 24.9 Å². The number of para-hydroxylation sites is 2. The number of nitrogens with one attached hydrogen (secondary N) is 1. The minimum absolute atomic E-state index is 0.0703. The summed E-state index contributed by atoms with van der Waals surface area (Å²) in [7, 11) is 1.89. The number of amides is 1. The van der Waals surface area contributed by atoms with Crippen molar-refractivity contribution in [3.05, 3.63) is 66.9 Å². The van der Waals surface area contributed by atoms with E-state index in [4.69, 9.17) is 0 Å². The molecule has 130 valence electrons. The van der Waals surface area contributed by atoms with Crippen molar-refractivity contribution in [1.29, 1.82) is 0 Å². The summed E-state index contributed by atoms with van der Waals surface area (Å²) in [6, 6.07) is 11.7. The van der Waals surface area contributed by atoms with Crippen molar-refractivity contribution >= 4 is 16.9 Å². The van der Waals surface area contributed by atoms with Crippen LogP contribution in [0, 0.1) is 0 Å². The van der Waals surface area contributed by atoms with Crippen molar-refractivity contribution in [2.45, 2.75) is 13.1 Å². The maximum atomic E-state index is 12.3. The number of fused-ring (bicyclic) bond motifs is 1. The SMILES string of the molecule is Cn1nccc1-c1cncc(CNC(=O)Cn2cnc3ccccc32)c1. The van der Waals surface area contributed by atoms with Crippen molar-refractivity contribution in [2.75, 3.05) is 0 Å². The molecule has 4 rings (SSSR count). The van der Waals surface area contributed by atoms with Gasteiger partial charge in [0.2, 0.25) is 5.91 Å². The van der Waals surface area contributed by atoms with Crippen LogP contribution in [0.1, 0.15) is 5.56 Å². The fourth-order valence-electron chi connectivity index (χ4n) is 2.93. The Kier molecular flexibility index (Phi) is 4.18. The average molecular weight is 346 g/mol. The summed E-state index contributed by atoms with van der Waals surface area (Å²) in [5.74, 6) is -0.0703. The Morgan fingerprint density at radius 3 is 2.92 bits per heavy atom. The number of aromatic nitrogens is 5. The summed E-state index contributed by atoms with van der Waals surface area (Å²) in [6.45, 7) is 0.652. The summed E-state index contributed by atoms with van der Waals surface area (Å²) in [5, 5.41) is 7.11. The number of carbonyl (C=O) groups is 1. The highest BCUT2D eigenvalue weighted by atomic mass is 16.1. The molecule has 1 N–H and O–H groups in total. The number of nitrogens with zero attached hydrogens (tertiary/aromatic N) is 5. The van der Waals surface area contributed by atoms with E-state index in [-0.39, 0.29) is 12.5 Å². The van der Waals surface area contributed by atoms with E-state index >= 15 is 0 Å². The van der Waals surface area contributed by atoms with Gasteiger partial charge in [-0.1, -0.05) is 12.1 Å². The normalized spacial score (nSPS) is 11.0. The quantitative estimate of drug-likeness (QED) is 0.601. The van der Waals surface area contributed by atoms with E-state index < -0.39 is 0 Å². The van der Waals surface area contributed by atoms with Crippen molar-refractivity contribution in [1.82, 2.24) is 29.6 Å². The number of pyridine rings is 1. The summed E-state index contributed by atoms with van der Waals surface area (Å²) in [6.07, 6.45) is 6.99. The Labute approximate surface area is 150 Å². The molecular weight excluding hydrogens is 328 g/mol. The van der Waals surface area contributed by atoms with E-state index in [1.54, 1.807) is 29.6 Å². The van der Waals surface area contributed by atoms with E-state index in [1.165, 1.54) is 0 Å². The molecule has 0 atom stereocenters. The molecule has 0 aliphatic carbocycles. The Bertz CT molecular complexity index is 1060. The predicted octanol–water partition coefficient (Wildman–Crippen LogP) is 2.15. The van der Waals surface area contributed by atoms with Gasteiger partial charge in [0, 0.05) is 37.7 Å². The fourth-order valence-corrected chi connectivity index (χ4v) is 2.93. The Morgan fingerprint density at radius 2 is 2.08 bits per heavy atom. The second-order valence-corrected chi connectivity index (χ2v) is 6.06. The van der Waals surface area contributed by atoms with Crippen molar-refractivity contribution in [3.63, 3.8) is 0 Å². The third kappa shape index (κ3) is 3.19. The summed E-state index contributed by atoms with van der Waals surface area (Å²) >= 11 is 0. The molecule has 1 aromatic carbocycles. The van der Waals surface area contributed by atoms with Gasteiger partial charge >= 0.3 is 0 Å². The smallest absolute Gasteiger partial charge is 0.240 e. The molecule has 4 aromatic rings. The average Bonchev–Trinajstić information content (AvgIpc) is 3.27. The number of hydrogen-bond acceptors (Lipinski definition) is 4. The van der Waals surface area contributed by atoms with Crippen LogP contribution in [0.3, 0.4) is 0 Å². The lowest BCUT2D eigenvalue weighted by molar-refractivity contribution is -0.121. The van der Waals surface area contributed by atoms with Crippen LogP contribution in [0.15, 0.2) is 61.3 Å². The van der Waals surface area contributed by atoms with Gasteiger partial charge in [0.1, 0.15) is 6.54 Å². The molecule has 0 bridgehead atoms. The number of benzene rings is 1. The second-order valence-electron chi connectivity index (χ2n) is 6.06. The molecular formula is C19H18N6O. The van der Waals surface area contributed by atoms with Crippen LogP contribution in [0.25, 0.3) is 22.3 Å². The largest absolute Gasteiger partial charge is 0.350 e. The lowest BCUT2D eigenvalue weighted by atomic mass is 10.1. The number of aryl methyl sites for hydroxylation is 1. The van der Waals surface area contributed by atoms with Crippen LogP contribution < -0.4 is 5.32 Å². The van der Waals surface area contributed by atoms with E-state index in [9.17, 15) is 4.79 Å². The fraction of sp³-hybridized carbons (Fsp3) is 0.158. The van der Waals surface area contributed by atoms with Crippen LogP contribution in [-0.4, -0.2) is 30.2 Å². The van der Waals surface area contributed by atoms with Gasteiger partial charge in [0.25, 0.3) is 0 Å². The van der Waals surface area contributed by atoms with Crippen molar-refractivity contribution in [2.24, 2.45) is 7.05 Å². The molecule has 3 heterocycles. The van der Waals surface area contributed by atoms with Gasteiger partial charge in [-0.05, 0) is 29.8 Å². The predicted molar refractivity (Wildman–Crippen MR) is 98.0 cm³/mol. The van der Waals surface area contributed by atoms with Gasteiger partial charge in [0.15, 0.2) is 0 Å². The van der Waals surface area contributed by atoms with Gasteiger partial charge in [-0.25, -0.2) is 4.98 Å². The molecule has 3 aromatic heterocycles. The van der Waals surface area contributed by atoms with Crippen LogP contribution in [0.4, 0.5) is 0 Å². The molecule has 1 amide bonds. The monoisotopic (exact) mass is 346 g/mol. The van der Waals surface area contributed by atoms with Gasteiger partial charge in [0.05, 0.1) is 23.1 Å². The number of carbonyl (C=O) groups excluding carboxylic acids is 1. The van der Waals surface area contributed by atoms with E-state index in [0.29, 0.717) is 6.54 Å². The van der Waals surface area contributed by atoms with Crippen LogP contribution in [0.5, 0.6) is 0 Å². The summed E-state index contributed by atoms with van der Waals surface area (Å²) < 4.78 is 3.64. The van der Waals surface area contributed by atoms with E-state index in [2.05, 4.69) is 20.4 Å². The maximum Gasteiger partial charge on any atom is 0.240 e. The molecule has 0 aliphatic heterocycles. The highest BCUT2D eigenvalue weighted by molar-refractivity contribution is 5.80. The van der Waals surface area contributed by atoms with E-state index in [1.807, 2.05) is 48.0 Å². The molecule has 7 heteroatoms. The molecule has 0 spiro atoms. The first-order chi connectivity index (χ1) is 12.7. The van der Waals surface area contributed by atoms with Gasteiger partial charge < -0.3 is 9.88 Å². The standard InChI is InChI=1S/C19H18N6O/c1-24-17(6-7-23-24)15-8-14(9-20-11-15)10-21-19(26)12-25-13-22-16-4-2-3-5-18(16)25/h2-9,11,13H,10,12H2,1H3,(H,21,26). The summed E-state index contributed by atoms with van der Waals surface area (Å²) in [5.41, 5.74) is 4.72. The molecule has 0 fully saturated rings. The Balaban J connectivity index is 1.42. The molecule has 0 aliphatic rings. The zero-order valence-corrected chi connectivity index (χ0v) is 14.3. The minimum atomic E-state index is -0.0703. The topological polar surface area (TPSA) is 77.6 Å². The number of hydrogen-bond donors (Lipinski definition) is 1. The third-order valence-electron chi connectivity index (χ3n) is 4.24. The van der Waals surface area contributed by atoms with Gasteiger partial charge in [-0.3, -0.25) is 14.5 Å². The van der Waals surface area contributed by atoms with Gasteiger partial charge in [-0.15, -0.1) is 0 Å². The second kappa shape index (κ2) is 6.79. The number of rotatable bonds is 5. The highest BCUT2D eigenvalue weighted by Crippen LogP contribution is 2.18. The zero-order valence-electron chi connectivity index (χ0n) is 14.3. The first-order valence-corrected chi connectivity index (χ1v) is 8.29. The molecule has 0 saturated carbocycles. The maximum absolute atomic E-state index is 12.3. The first kappa shape index (κ1) is 16.0. The van der Waals surface area contributed by atoms with Gasteiger partial charge in [-0.2, -0.15) is 5.10 Å². The molecule has 0 unspecified atom stereocenters. The molecule has 26 heavy (non-hydrogen) atoms. The zero-order chi connectivity index (χ0) is 17.9. The molecule has 0 radical (unpaired) electrons. The minimum Gasteiger partial charge on any atom is -0.350 e. The third-order valence-corrected chi connectivity index (χ3v) is 4.24. The van der Waals surface area contributed by atoms with Crippen molar-refractivity contribution in [3.8, 4) is 11.3 Å². The molecule has 0 saturated heterocycles. The first-order valence-electron chi connectivity index (χ1n) is 8.29. The Morgan fingerprint density at radius 1 is 1.19 bits per heavy atom. The lowest BCUT2D eigenvalue weighted by Crippen LogP contribution is -2.26. The number of imidazole rings is 1. The lowest BCUT2D eigenvalue weighted by Gasteiger charge is -2.08. The Hall–Kier alpha value is -3.48. The van der Waals surface area contributed by atoms with E-state index in [0.717, 1.165) is 27.9 Å². The van der Waals surface area contributed by atoms with Crippen molar-refractivity contribution < 1.29 is 4.79 Å². The summed E-state index contributed by atoms with van der Waals surface area (Å²) in [4.78, 5) is 20.9. The highest BCUT2D eigenvalue weighted by Gasteiger charge is 2.08.